The van der Waals surface area contributed by atoms with Crippen molar-refractivity contribution < 1.29 is 36.7 Å². The Morgan fingerprint density at radius 2 is 1.64 bits per heavy atom. The molecule has 3 fully saturated rings. The van der Waals surface area contributed by atoms with Gasteiger partial charge in [-0.05, 0) is 76.6 Å². The molecule has 12 heteroatoms. The molecule has 1 aromatic rings. The fourth-order valence-corrected chi connectivity index (χ4v) is 5.92. The van der Waals surface area contributed by atoms with Crippen molar-refractivity contribution in [1.82, 2.24) is 15.1 Å². The zero-order chi connectivity index (χ0) is 28.7. The van der Waals surface area contributed by atoms with E-state index in [1.807, 2.05) is 6.07 Å². The number of hydrogen-bond acceptors (Lipinski definition) is 5. The minimum absolute atomic E-state index is 0.104. The molecule has 2 bridgehead atoms. The number of nitriles is 1. The Balaban J connectivity index is 1.54. The Morgan fingerprint density at radius 3 is 2.15 bits per heavy atom. The number of hydrogen-bond donors (Lipinski definition) is 1. The molecule has 0 radical (unpaired) electrons. The Kier molecular flexibility index (Phi) is 7.83. The Labute approximate surface area is 224 Å². The van der Waals surface area contributed by atoms with E-state index < -0.39 is 53.5 Å². The fourth-order valence-electron chi connectivity index (χ4n) is 5.92. The third kappa shape index (κ3) is 6.28. The van der Waals surface area contributed by atoms with Crippen molar-refractivity contribution in [3.63, 3.8) is 0 Å². The van der Waals surface area contributed by atoms with Crippen molar-refractivity contribution in [3.05, 3.63) is 35.4 Å². The van der Waals surface area contributed by atoms with E-state index in [0.29, 0.717) is 25.7 Å². The van der Waals surface area contributed by atoms with Gasteiger partial charge in [-0.2, -0.15) is 18.4 Å². The number of piperidine rings is 1. The lowest BCUT2D eigenvalue weighted by molar-refractivity contribution is -0.137. The lowest BCUT2D eigenvalue weighted by Gasteiger charge is -2.42. The van der Waals surface area contributed by atoms with Gasteiger partial charge in [-0.1, -0.05) is 0 Å². The van der Waals surface area contributed by atoms with Crippen molar-refractivity contribution in [1.29, 1.82) is 5.26 Å². The summed E-state index contributed by atoms with van der Waals surface area (Å²) in [5.74, 6) is -1.38. The summed E-state index contributed by atoms with van der Waals surface area (Å²) in [5.41, 5.74) is -1.54. The van der Waals surface area contributed by atoms with Gasteiger partial charge in [-0.3, -0.25) is 9.59 Å². The van der Waals surface area contributed by atoms with Crippen molar-refractivity contribution in [3.8, 4) is 6.07 Å². The average molecular weight is 553 g/mol. The maximum absolute atomic E-state index is 14.1. The molecule has 3 aliphatic heterocycles. The number of amides is 3. The van der Waals surface area contributed by atoms with Crippen LogP contribution in [0.2, 0.25) is 0 Å². The molecule has 8 nitrogen and oxygen atoms in total. The standard InChI is InChI=1S/C27H32F4N4O4/c1-26(2,3)39-25(38)33-22(24(37)34-14-18(28)12-21(34)13-32)16-10-19-8-9-20(11-16)35(19)23(36)15-4-6-17(7-5-15)27(29,30)31/h4-7,16,18-22H,8-12,14H2,1-3H3,(H,33,38)/t16?,18-,19?,20?,21-,22-/m0/s1. The van der Waals surface area contributed by atoms with Crippen LogP contribution in [0.5, 0.6) is 0 Å². The highest BCUT2D eigenvalue weighted by Crippen LogP contribution is 2.42. The smallest absolute Gasteiger partial charge is 0.416 e. The summed E-state index contributed by atoms with van der Waals surface area (Å²) in [7, 11) is 0. The first kappa shape index (κ1) is 28.6. The SMILES string of the molecule is CC(C)(C)OC(=O)N[C@H](C(=O)N1C[C@@H](F)C[C@H]1C#N)C1CC2CCC(C1)N2C(=O)c1ccc(C(F)(F)F)cc1. The van der Waals surface area contributed by atoms with Crippen LogP contribution in [0, 0.1) is 17.2 Å². The highest BCUT2D eigenvalue weighted by Gasteiger charge is 2.49. The van der Waals surface area contributed by atoms with E-state index in [0.717, 1.165) is 29.2 Å². The molecule has 4 rings (SSSR count). The van der Waals surface area contributed by atoms with Gasteiger partial charge in [0.1, 0.15) is 23.9 Å². The van der Waals surface area contributed by atoms with Crippen molar-refractivity contribution in [2.24, 2.45) is 5.92 Å². The molecule has 3 saturated heterocycles. The lowest BCUT2D eigenvalue weighted by atomic mass is 9.83. The minimum atomic E-state index is -4.51. The van der Waals surface area contributed by atoms with Crippen LogP contribution in [0.15, 0.2) is 24.3 Å². The number of carbonyl (C=O) groups excluding carboxylic acids is 3. The quantitative estimate of drug-likeness (QED) is 0.557. The molecule has 2 unspecified atom stereocenters. The van der Waals surface area contributed by atoms with Crippen LogP contribution in [-0.4, -0.2) is 70.2 Å². The minimum Gasteiger partial charge on any atom is -0.444 e. The maximum atomic E-state index is 14.1. The largest absolute Gasteiger partial charge is 0.444 e. The molecule has 0 aliphatic carbocycles. The normalized spacial score (nSPS) is 27.6. The number of rotatable bonds is 4. The molecule has 3 amide bonds. The number of ether oxygens (including phenoxy) is 1. The van der Waals surface area contributed by atoms with E-state index in [1.54, 1.807) is 25.7 Å². The monoisotopic (exact) mass is 552 g/mol. The van der Waals surface area contributed by atoms with E-state index >= 15 is 0 Å². The number of carbonyl (C=O) groups is 3. The predicted molar refractivity (Wildman–Crippen MR) is 131 cm³/mol. The Morgan fingerprint density at radius 1 is 1.05 bits per heavy atom. The molecule has 5 atom stereocenters. The number of fused-ring (bicyclic) bond motifs is 2. The van der Waals surface area contributed by atoms with Crippen LogP contribution in [0.1, 0.15) is 68.8 Å². The van der Waals surface area contributed by atoms with Crippen LogP contribution in [-0.2, 0) is 15.7 Å². The van der Waals surface area contributed by atoms with Gasteiger partial charge >= 0.3 is 12.3 Å². The number of alkyl carbamates (subject to hydrolysis) is 1. The number of nitrogens with one attached hydrogen (secondary N) is 1. The molecule has 39 heavy (non-hydrogen) atoms. The Bertz CT molecular complexity index is 1130. The van der Waals surface area contributed by atoms with E-state index in [4.69, 9.17) is 4.74 Å². The van der Waals surface area contributed by atoms with Gasteiger partial charge in [0, 0.05) is 24.1 Å². The van der Waals surface area contributed by atoms with Gasteiger partial charge in [0.2, 0.25) is 5.91 Å². The zero-order valence-electron chi connectivity index (χ0n) is 22.0. The summed E-state index contributed by atoms with van der Waals surface area (Å²) in [6.45, 7) is 4.78. The third-order valence-electron chi connectivity index (χ3n) is 7.56. The molecule has 3 heterocycles. The summed E-state index contributed by atoms with van der Waals surface area (Å²) < 4.78 is 58.3. The van der Waals surface area contributed by atoms with Gasteiger partial charge < -0.3 is 19.9 Å². The highest BCUT2D eigenvalue weighted by atomic mass is 19.4. The van der Waals surface area contributed by atoms with Gasteiger partial charge in [-0.15, -0.1) is 0 Å². The molecular formula is C27H32F4N4O4. The summed E-state index contributed by atoms with van der Waals surface area (Å²) in [6, 6.07) is 3.41. The van der Waals surface area contributed by atoms with Crippen LogP contribution >= 0.6 is 0 Å². The second-order valence-electron chi connectivity index (χ2n) is 11.5. The van der Waals surface area contributed by atoms with Crippen molar-refractivity contribution in [2.75, 3.05) is 6.54 Å². The maximum Gasteiger partial charge on any atom is 0.416 e. The molecular weight excluding hydrogens is 520 g/mol. The second kappa shape index (κ2) is 10.7. The molecule has 1 aromatic carbocycles. The van der Waals surface area contributed by atoms with Crippen LogP contribution in [0.25, 0.3) is 0 Å². The molecule has 3 aliphatic rings. The first-order valence-electron chi connectivity index (χ1n) is 13.0. The summed E-state index contributed by atoms with van der Waals surface area (Å²) >= 11 is 0. The van der Waals surface area contributed by atoms with E-state index in [2.05, 4.69) is 5.32 Å². The molecule has 0 aromatic heterocycles. The summed E-state index contributed by atoms with van der Waals surface area (Å²) in [6.07, 6.45) is -4.81. The van der Waals surface area contributed by atoms with Crippen molar-refractivity contribution >= 4 is 17.9 Å². The topological polar surface area (TPSA) is 103 Å². The first-order chi connectivity index (χ1) is 18.2. The van der Waals surface area contributed by atoms with Crippen LogP contribution < -0.4 is 5.32 Å². The highest BCUT2D eigenvalue weighted by molar-refractivity contribution is 5.95. The summed E-state index contributed by atoms with van der Waals surface area (Å²) in [5, 5.41) is 12.1. The summed E-state index contributed by atoms with van der Waals surface area (Å²) in [4.78, 5) is 42.4. The molecule has 0 saturated carbocycles. The van der Waals surface area contributed by atoms with E-state index in [9.17, 15) is 37.2 Å². The number of halogens is 4. The number of likely N-dealkylation sites (tertiary alicyclic amines) is 1. The van der Waals surface area contributed by atoms with Crippen LogP contribution in [0.4, 0.5) is 22.4 Å². The lowest BCUT2D eigenvalue weighted by Crippen LogP contribution is -2.58. The van der Waals surface area contributed by atoms with Gasteiger partial charge in [0.15, 0.2) is 0 Å². The zero-order valence-corrected chi connectivity index (χ0v) is 22.0. The Hall–Kier alpha value is -3.36. The number of benzene rings is 1. The first-order valence-corrected chi connectivity index (χ1v) is 13.0. The second-order valence-corrected chi connectivity index (χ2v) is 11.5. The van der Waals surface area contributed by atoms with Gasteiger partial charge in [0.05, 0.1) is 18.2 Å². The van der Waals surface area contributed by atoms with E-state index in [-0.39, 0.29) is 36.5 Å². The third-order valence-corrected chi connectivity index (χ3v) is 7.56. The molecule has 212 valence electrons. The molecule has 0 spiro atoms. The fraction of sp³-hybridized carbons (Fsp3) is 0.630. The molecule has 1 N–H and O–H groups in total. The number of alkyl halides is 4. The van der Waals surface area contributed by atoms with Crippen LogP contribution in [0.3, 0.4) is 0 Å². The predicted octanol–water partition coefficient (Wildman–Crippen LogP) is 4.44. The van der Waals surface area contributed by atoms with Crippen molar-refractivity contribution in [2.45, 2.75) is 95.0 Å². The number of nitrogens with zero attached hydrogens (tertiary/aromatic N) is 3. The average Bonchev–Trinajstić information content (AvgIpc) is 3.35. The van der Waals surface area contributed by atoms with Gasteiger partial charge in [0.25, 0.3) is 5.91 Å². The van der Waals surface area contributed by atoms with Gasteiger partial charge in [-0.25, -0.2) is 9.18 Å². The van der Waals surface area contributed by atoms with E-state index in [1.165, 1.54) is 0 Å².